The number of rotatable bonds is 7. The van der Waals surface area contributed by atoms with Gasteiger partial charge in [-0.2, -0.15) is 0 Å². The topological polar surface area (TPSA) is 89.2 Å². The van der Waals surface area contributed by atoms with Gasteiger partial charge >= 0.3 is 17.2 Å². The van der Waals surface area contributed by atoms with Crippen LogP contribution in [0.25, 0.3) is 5.69 Å². The molecule has 0 spiro atoms. The summed E-state index contributed by atoms with van der Waals surface area (Å²) in [5.74, 6) is 0.827. The predicted octanol–water partition coefficient (Wildman–Crippen LogP) is 2.77. The lowest BCUT2D eigenvalue weighted by Gasteiger charge is -2.05. The molecular weight excluding hydrogens is 408 g/mol. The van der Waals surface area contributed by atoms with E-state index in [9.17, 15) is 9.59 Å². The van der Waals surface area contributed by atoms with Crippen molar-refractivity contribution in [3.63, 3.8) is 0 Å². The first-order chi connectivity index (χ1) is 15.6. The number of anilines is 1. The number of aromatic amines is 1. The van der Waals surface area contributed by atoms with Crippen molar-refractivity contribution in [3.05, 3.63) is 100 Å². The van der Waals surface area contributed by atoms with Crippen LogP contribution in [-0.2, 0) is 6.54 Å². The van der Waals surface area contributed by atoms with Crippen LogP contribution in [0.5, 0.6) is 11.5 Å². The van der Waals surface area contributed by atoms with E-state index in [0.717, 1.165) is 5.56 Å². The van der Waals surface area contributed by atoms with Crippen LogP contribution in [0.2, 0.25) is 0 Å². The van der Waals surface area contributed by atoms with Crippen LogP contribution < -0.4 is 25.0 Å². The fourth-order valence-corrected chi connectivity index (χ4v) is 3.31. The number of hydrogen-bond donors (Lipinski definition) is 2. The molecule has 3 aromatic carbocycles. The van der Waals surface area contributed by atoms with Gasteiger partial charge in [0.2, 0.25) is 0 Å². The minimum atomic E-state index is -0.514. The highest BCUT2D eigenvalue weighted by Gasteiger charge is 2.29. The standard InChI is InChI=1S/C24H22N4O4/c1-31-20-12-8-18(9-13-20)25-23(29)22-24(30)28(19-10-14-21(32-2)15-11-19)26-27(22)16-17-6-4-3-5-7-17/h3-15H,16H2,1-2H3,(H-,25,26,29,30)/p+1. The van der Waals surface area contributed by atoms with Crippen molar-refractivity contribution < 1.29 is 19.0 Å². The highest BCUT2D eigenvalue weighted by molar-refractivity contribution is 6.01. The number of H-pyrrole nitrogens is 1. The van der Waals surface area contributed by atoms with Crippen molar-refractivity contribution in [2.45, 2.75) is 6.54 Å². The number of benzene rings is 3. The number of amides is 1. The molecule has 4 rings (SSSR count). The third kappa shape index (κ3) is 4.39. The van der Waals surface area contributed by atoms with Gasteiger partial charge in [-0.15, -0.1) is 4.68 Å². The summed E-state index contributed by atoms with van der Waals surface area (Å²) in [7, 11) is 3.15. The molecular formula is C24H23N4O4+. The van der Waals surface area contributed by atoms with Crippen LogP contribution in [0.15, 0.2) is 83.7 Å². The average Bonchev–Trinajstić information content (AvgIpc) is 3.15. The van der Waals surface area contributed by atoms with Crippen LogP contribution >= 0.6 is 0 Å². The Morgan fingerprint density at radius 3 is 2.09 bits per heavy atom. The summed E-state index contributed by atoms with van der Waals surface area (Å²) in [6, 6.07) is 23.5. The van der Waals surface area contributed by atoms with E-state index >= 15 is 0 Å². The molecule has 2 N–H and O–H groups in total. The second kappa shape index (κ2) is 9.22. The van der Waals surface area contributed by atoms with Crippen molar-refractivity contribution in [3.8, 4) is 17.2 Å². The number of aromatic nitrogens is 3. The van der Waals surface area contributed by atoms with E-state index in [-0.39, 0.29) is 5.69 Å². The third-order valence-electron chi connectivity index (χ3n) is 4.97. The molecule has 0 atom stereocenters. The van der Waals surface area contributed by atoms with Crippen molar-refractivity contribution >= 4 is 11.6 Å². The first kappa shape index (κ1) is 20.9. The molecule has 32 heavy (non-hydrogen) atoms. The molecule has 0 aliphatic rings. The molecule has 0 aliphatic heterocycles. The molecule has 0 saturated heterocycles. The molecule has 0 bridgehead atoms. The molecule has 1 heterocycles. The molecule has 8 heteroatoms. The average molecular weight is 431 g/mol. The van der Waals surface area contributed by atoms with E-state index in [2.05, 4.69) is 10.5 Å². The number of ether oxygens (including phenoxy) is 2. The molecule has 0 saturated carbocycles. The van der Waals surface area contributed by atoms with Gasteiger partial charge in [-0.1, -0.05) is 40.2 Å². The highest BCUT2D eigenvalue weighted by atomic mass is 16.5. The zero-order valence-electron chi connectivity index (χ0n) is 17.7. The normalized spacial score (nSPS) is 10.6. The molecule has 1 amide bonds. The lowest BCUT2D eigenvalue weighted by atomic mass is 10.2. The maximum Gasteiger partial charge on any atom is 0.411 e. The molecule has 0 aliphatic carbocycles. The molecule has 4 aromatic rings. The van der Waals surface area contributed by atoms with Gasteiger partial charge in [-0.25, -0.2) is 4.79 Å². The Hall–Kier alpha value is -4.33. The Morgan fingerprint density at radius 1 is 0.906 bits per heavy atom. The lowest BCUT2D eigenvalue weighted by molar-refractivity contribution is -0.748. The van der Waals surface area contributed by atoms with Gasteiger partial charge in [0.25, 0.3) is 0 Å². The number of methoxy groups -OCH3 is 2. The van der Waals surface area contributed by atoms with Gasteiger partial charge in [0, 0.05) is 5.69 Å². The minimum Gasteiger partial charge on any atom is -0.497 e. The molecule has 8 nitrogen and oxygen atoms in total. The fraction of sp³-hybridized carbons (Fsp3) is 0.125. The van der Waals surface area contributed by atoms with Crippen molar-refractivity contribution in [1.82, 2.24) is 9.90 Å². The molecule has 1 aromatic heterocycles. The zero-order valence-corrected chi connectivity index (χ0v) is 17.7. The number of nitrogens with one attached hydrogen (secondary N) is 2. The Balaban J connectivity index is 1.72. The van der Waals surface area contributed by atoms with Crippen LogP contribution in [0.1, 0.15) is 16.1 Å². The molecule has 162 valence electrons. The summed E-state index contributed by atoms with van der Waals surface area (Å²) in [5.41, 5.74) is 1.61. The predicted molar refractivity (Wildman–Crippen MR) is 120 cm³/mol. The number of carbonyl (C=O) groups is 1. The Kier molecular flexibility index (Phi) is 6.03. The maximum atomic E-state index is 13.3. The van der Waals surface area contributed by atoms with Gasteiger partial charge in [0.1, 0.15) is 18.0 Å². The first-order valence-corrected chi connectivity index (χ1v) is 9.97. The quantitative estimate of drug-likeness (QED) is 0.441. The zero-order chi connectivity index (χ0) is 22.5. The second-order valence-electron chi connectivity index (χ2n) is 7.04. The van der Waals surface area contributed by atoms with E-state index in [1.165, 1.54) is 4.68 Å². The van der Waals surface area contributed by atoms with E-state index in [0.29, 0.717) is 29.4 Å². The number of carbonyl (C=O) groups excluding carboxylic acids is 1. The third-order valence-corrected chi connectivity index (χ3v) is 4.97. The summed E-state index contributed by atoms with van der Waals surface area (Å²) < 4.78 is 13.2. The van der Waals surface area contributed by atoms with Gasteiger partial charge in [-0.05, 0) is 54.1 Å². The van der Waals surface area contributed by atoms with E-state index < -0.39 is 11.5 Å². The Morgan fingerprint density at radius 2 is 1.50 bits per heavy atom. The molecule has 0 unspecified atom stereocenters. The maximum absolute atomic E-state index is 13.3. The van der Waals surface area contributed by atoms with Crippen LogP contribution in [0, 0.1) is 0 Å². The summed E-state index contributed by atoms with van der Waals surface area (Å²) in [6.07, 6.45) is 0. The largest absolute Gasteiger partial charge is 0.497 e. The van der Waals surface area contributed by atoms with Gasteiger partial charge < -0.3 is 14.8 Å². The van der Waals surface area contributed by atoms with Crippen LogP contribution in [-0.4, -0.2) is 30.0 Å². The first-order valence-electron chi connectivity index (χ1n) is 9.97. The van der Waals surface area contributed by atoms with Crippen LogP contribution in [0.3, 0.4) is 0 Å². The van der Waals surface area contributed by atoms with Gasteiger partial charge in [0.15, 0.2) is 5.69 Å². The van der Waals surface area contributed by atoms with E-state index in [1.54, 1.807) is 67.4 Å². The van der Waals surface area contributed by atoms with E-state index in [4.69, 9.17) is 9.47 Å². The summed E-state index contributed by atoms with van der Waals surface area (Å²) in [4.78, 5) is 26.4. The smallest absolute Gasteiger partial charge is 0.411 e. The molecule has 0 fully saturated rings. The SMILES string of the molecule is COc1ccc(NC(=O)c2c(=O)n(-c3ccc(OC)cc3)[nH][n+]2Cc2ccccc2)cc1. The lowest BCUT2D eigenvalue weighted by Crippen LogP contribution is -2.45. The summed E-state index contributed by atoms with van der Waals surface area (Å²) in [5, 5.41) is 5.83. The van der Waals surface area contributed by atoms with Crippen molar-refractivity contribution in [1.29, 1.82) is 0 Å². The highest BCUT2D eigenvalue weighted by Crippen LogP contribution is 2.16. The monoisotopic (exact) mass is 431 g/mol. The van der Waals surface area contributed by atoms with Crippen molar-refractivity contribution in [2.75, 3.05) is 19.5 Å². The fourth-order valence-electron chi connectivity index (χ4n) is 3.31. The Labute approximate surface area is 184 Å². The molecule has 0 radical (unpaired) electrons. The minimum absolute atomic E-state index is 0.0134. The van der Waals surface area contributed by atoms with Crippen molar-refractivity contribution in [2.24, 2.45) is 0 Å². The number of nitrogens with zero attached hydrogens (tertiary/aromatic N) is 2. The second-order valence-corrected chi connectivity index (χ2v) is 7.04. The summed E-state index contributed by atoms with van der Waals surface area (Å²) in [6.45, 7) is 0.324. The number of hydrogen-bond acceptors (Lipinski definition) is 4. The van der Waals surface area contributed by atoms with Gasteiger partial charge in [0.05, 0.1) is 14.2 Å². The summed E-state index contributed by atoms with van der Waals surface area (Å²) >= 11 is 0. The van der Waals surface area contributed by atoms with E-state index in [1.807, 2.05) is 30.3 Å². The Bertz CT molecular complexity index is 1260. The van der Waals surface area contributed by atoms with Gasteiger partial charge in [-0.3, -0.25) is 4.79 Å². The van der Waals surface area contributed by atoms with Crippen LogP contribution in [0.4, 0.5) is 5.69 Å².